The highest BCUT2D eigenvalue weighted by molar-refractivity contribution is 7.89. The largest absolute Gasteiger partial charge is 0.465 e. The van der Waals surface area contributed by atoms with Crippen LogP contribution in [-0.2, 0) is 26.1 Å². The predicted molar refractivity (Wildman–Crippen MR) is 124 cm³/mol. The summed E-state index contributed by atoms with van der Waals surface area (Å²) < 4.78 is 39.2. The summed E-state index contributed by atoms with van der Waals surface area (Å²) in [4.78, 5) is 26.2. The lowest BCUT2D eigenvalue weighted by molar-refractivity contribution is -0.143. The summed E-state index contributed by atoms with van der Waals surface area (Å²) in [5.74, 6) is -1.31. The fraction of sp³-hybridized carbons (Fsp3) is 0.391. The van der Waals surface area contributed by atoms with E-state index >= 15 is 0 Å². The quantitative estimate of drug-likeness (QED) is 0.506. The molecule has 0 spiro atoms. The maximum atomic E-state index is 13.3. The van der Waals surface area contributed by atoms with Gasteiger partial charge in [-0.05, 0) is 50.1 Å². The molecule has 9 nitrogen and oxygen atoms in total. The van der Waals surface area contributed by atoms with Crippen LogP contribution in [0.2, 0.25) is 0 Å². The second-order valence-corrected chi connectivity index (χ2v) is 9.94. The van der Waals surface area contributed by atoms with E-state index in [1.165, 1.54) is 33.6 Å². The Balaban J connectivity index is 1.54. The van der Waals surface area contributed by atoms with Gasteiger partial charge in [0.1, 0.15) is 6.54 Å². The molecule has 4 rings (SSSR count). The van der Waals surface area contributed by atoms with Crippen molar-refractivity contribution in [1.82, 2.24) is 8.87 Å². The summed E-state index contributed by atoms with van der Waals surface area (Å²) >= 11 is 0. The number of hydrogen-bond acceptors (Lipinski definition) is 7. The molecule has 0 saturated carbocycles. The van der Waals surface area contributed by atoms with Gasteiger partial charge in [-0.15, -0.1) is 0 Å². The summed E-state index contributed by atoms with van der Waals surface area (Å²) in [6, 6.07) is 10.4. The molecule has 0 aliphatic carbocycles. The van der Waals surface area contributed by atoms with Crippen molar-refractivity contribution in [3.8, 4) is 0 Å². The number of oxazole rings is 1. The number of benzene rings is 2. The van der Waals surface area contributed by atoms with Crippen LogP contribution in [0, 0.1) is 13.8 Å². The van der Waals surface area contributed by atoms with Gasteiger partial charge < -0.3 is 14.1 Å². The Morgan fingerprint density at radius 3 is 2.52 bits per heavy atom. The number of hydrogen-bond donors (Lipinski definition) is 0. The molecule has 10 heteroatoms. The maximum absolute atomic E-state index is 13.3. The molecule has 176 valence electrons. The molecule has 2 aromatic carbocycles. The van der Waals surface area contributed by atoms with E-state index in [1.807, 2.05) is 6.07 Å². The van der Waals surface area contributed by atoms with Crippen LogP contribution in [0.25, 0.3) is 11.1 Å². The number of piperazine rings is 1. The highest BCUT2D eigenvalue weighted by Crippen LogP contribution is 2.27. The smallest absolute Gasteiger partial charge is 0.420 e. The first-order chi connectivity index (χ1) is 15.7. The van der Waals surface area contributed by atoms with Crippen LogP contribution in [-0.4, -0.2) is 56.0 Å². The van der Waals surface area contributed by atoms with E-state index in [0.29, 0.717) is 31.7 Å². The van der Waals surface area contributed by atoms with Gasteiger partial charge in [-0.2, -0.15) is 4.31 Å². The molecule has 1 saturated heterocycles. The topological polar surface area (TPSA) is 102 Å². The molecule has 1 aromatic heterocycles. The SMILES string of the molecule is CCOC(=O)Cn1c(=O)oc2cc(S(=O)(=O)N3CCN(c4cccc(C)c4C)CC3)ccc21. The number of rotatable bonds is 6. The molecular weight excluding hydrogens is 446 g/mol. The molecule has 0 unspecified atom stereocenters. The fourth-order valence-electron chi connectivity index (χ4n) is 4.09. The zero-order valence-corrected chi connectivity index (χ0v) is 19.7. The van der Waals surface area contributed by atoms with Gasteiger partial charge in [0.2, 0.25) is 10.0 Å². The minimum Gasteiger partial charge on any atom is -0.465 e. The first-order valence-corrected chi connectivity index (χ1v) is 12.3. The van der Waals surface area contributed by atoms with E-state index < -0.39 is 21.7 Å². The molecule has 0 N–H and O–H groups in total. The summed E-state index contributed by atoms with van der Waals surface area (Å²) in [6.07, 6.45) is 0. The molecule has 1 aliphatic heterocycles. The number of anilines is 1. The Morgan fingerprint density at radius 2 is 1.82 bits per heavy atom. The van der Waals surface area contributed by atoms with E-state index in [1.54, 1.807) is 6.92 Å². The van der Waals surface area contributed by atoms with Gasteiger partial charge in [0.25, 0.3) is 0 Å². The number of sulfonamides is 1. The molecule has 0 amide bonds. The molecule has 1 aliphatic rings. The Morgan fingerprint density at radius 1 is 1.09 bits per heavy atom. The van der Waals surface area contributed by atoms with Crippen LogP contribution in [0.1, 0.15) is 18.1 Å². The van der Waals surface area contributed by atoms with Gasteiger partial charge >= 0.3 is 11.7 Å². The predicted octanol–water partition coefficient (Wildman–Crippen LogP) is 2.29. The third-order valence-electron chi connectivity index (χ3n) is 6.03. The number of aromatic nitrogens is 1. The van der Waals surface area contributed by atoms with E-state index in [9.17, 15) is 18.0 Å². The zero-order valence-electron chi connectivity index (χ0n) is 18.9. The van der Waals surface area contributed by atoms with Crippen molar-refractivity contribution in [2.75, 3.05) is 37.7 Å². The molecule has 0 radical (unpaired) electrons. The Bertz CT molecular complexity index is 1350. The minimum absolute atomic E-state index is 0.0484. The number of nitrogens with zero attached hydrogens (tertiary/aromatic N) is 3. The van der Waals surface area contributed by atoms with Crippen LogP contribution < -0.4 is 10.7 Å². The van der Waals surface area contributed by atoms with Crippen molar-refractivity contribution in [3.63, 3.8) is 0 Å². The zero-order chi connectivity index (χ0) is 23.8. The monoisotopic (exact) mass is 473 g/mol. The number of fused-ring (bicyclic) bond motifs is 1. The second kappa shape index (κ2) is 9.03. The minimum atomic E-state index is -3.77. The van der Waals surface area contributed by atoms with Crippen LogP contribution in [0.4, 0.5) is 5.69 Å². The Kier molecular flexibility index (Phi) is 6.31. The van der Waals surface area contributed by atoms with Crippen molar-refractivity contribution < 1.29 is 22.4 Å². The van der Waals surface area contributed by atoms with Gasteiger partial charge in [-0.25, -0.2) is 13.2 Å². The molecule has 2 heterocycles. The first kappa shape index (κ1) is 23.1. The average molecular weight is 474 g/mol. The van der Waals surface area contributed by atoms with Crippen LogP contribution in [0.3, 0.4) is 0 Å². The summed E-state index contributed by atoms with van der Waals surface area (Å²) in [5.41, 5.74) is 3.97. The highest BCUT2D eigenvalue weighted by Gasteiger charge is 2.30. The maximum Gasteiger partial charge on any atom is 0.420 e. The van der Waals surface area contributed by atoms with Gasteiger partial charge in [0, 0.05) is 37.9 Å². The molecule has 3 aromatic rings. The Hall–Kier alpha value is -3.11. The standard InChI is InChI=1S/C23H27N3O6S/c1-4-31-22(27)15-26-20-9-8-18(14-21(20)32-23(26)28)33(29,30)25-12-10-24(11-13-25)19-7-5-6-16(2)17(19)3/h5-9,14H,4,10-13,15H2,1-3H3. The normalized spacial score (nSPS) is 15.2. The van der Waals surface area contributed by atoms with Crippen molar-refractivity contribution in [2.24, 2.45) is 0 Å². The van der Waals surface area contributed by atoms with E-state index in [0.717, 1.165) is 10.3 Å². The average Bonchev–Trinajstić information content (AvgIpc) is 3.10. The van der Waals surface area contributed by atoms with Crippen molar-refractivity contribution in [3.05, 3.63) is 58.1 Å². The summed E-state index contributed by atoms with van der Waals surface area (Å²) in [5, 5.41) is 0. The number of carbonyl (C=O) groups is 1. The molecule has 33 heavy (non-hydrogen) atoms. The van der Waals surface area contributed by atoms with Crippen LogP contribution in [0.5, 0.6) is 0 Å². The summed E-state index contributed by atoms with van der Waals surface area (Å²) in [7, 11) is -3.77. The molecule has 0 atom stereocenters. The fourth-order valence-corrected chi connectivity index (χ4v) is 5.53. The van der Waals surface area contributed by atoms with Gasteiger partial charge in [0.05, 0.1) is 17.0 Å². The van der Waals surface area contributed by atoms with E-state index in [2.05, 4.69) is 30.9 Å². The number of aryl methyl sites for hydroxylation is 1. The molecule has 1 fully saturated rings. The van der Waals surface area contributed by atoms with Crippen LogP contribution >= 0.6 is 0 Å². The van der Waals surface area contributed by atoms with Crippen LogP contribution in [0.15, 0.2) is 50.5 Å². The summed E-state index contributed by atoms with van der Waals surface area (Å²) in [6.45, 7) is 7.57. The lowest BCUT2D eigenvalue weighted by Crippen LogP contribution is -2.48. The first-order valence-electron chi connectivity index (χ1n) is 10.8. The van der Waals surface area contributed by atoms with Crippen molar-refractivity contribution in [1.29, 1.82) is 0 Å². The third kappa shape index (κ3) is 4.40. The molecule has 0 bridgehead atoms. The number of carbonyl (C=O) groups excluding carboxylic acids is 1. The molecular formula is C23H27N3O6S. The third-order valence-corrected chi connectivity index (χ3v) is 7.92. The van der Waals surface area contributed by atoms with Gasteiger partial charge in [-0.3, -0.25) is 9.36 Å². The van der Waals surface area contributed by atoms with E-state index in [-0.39, 0.29) is 23.6 Å². The highest BCUT2D eigenvalue weighted by atomic mass is 32.2. The Labute approximate surface area is 192 Å². The second-order valence-electron chi connectivity index (χ2n) is 8.00. The van der Waals surface area contributed by atoms with Crippen molar-refractivity contribution in [2.45, 2.75) is 32.2 Å². The van der Waals surface area contributed by atoms with Gasteiger partial charge in [-0.1, -0.05) is 12.1 Å². The lowest BCUT2D eigenvalue weighted by atomic mass is 10.1. The number of ether oxygens (including phenoxy) is 1. The van der Waals surface area contributed by atoms with Gasteiger partial charge in [0.15, 0.2) is 5.58 Å². The number of esters is 1. The lowest BCUT2D eigenvalue weighted by Gasteiger charge is -2.36. The van der Waals surface area contributed by atoms with E-state index in [4.69, 9.17) is 9.15 Å². The van der Waals surface area contributed by atoms with Crippen molar-refractivity contribution >= 4 is 32.8 Å².